The third-order valence-corrected chi connectivity index (χ3v) is 5.13. The maximum absolute atomic E-state index is 11.9. The Hall–Kier alpha value is -2.94. The zero-order valence-electron chi connectivity index (χ0n) is 14.4. The van der Waals surface area contributed by atoms with Crippen molar-refractivity contribution >= 4 is 0 Å². The molecule has 2 aromatic heterocycles. The molecule has 3 heterocycles. The van der Waals surface area contributed by atoms with Crippen LogP contribution < -0.4 is 5.32 Å². The molecule has 4 atom stereocenters. The number of nitrogens with two attached hydrogens (primary N) is 1. The minimum Gasteiger partial charge on any atom is -0.320 e. The van der Waals surface area contributed by atoms with Gasteiger partial charge >= 0.3 is 0 Å². The van der Waals surface area contributed by atoms with E-state index in [0.717, 1.165) is 0 Å². The highest BCUT2D eigenvalue weighted by molar-refractivity contribution is 5.16. The first-order valence-electron chi connectivity index (χ1n) is 8.28. The molecule has 9 heteroatoms. The number of nitro groups is 2. The second kappa shape index (κ2) is 6.75. The Labute approximate surface area is 149 Å². The second-order valence-corrected chi connectivity index (χ2v) is 7.03. The molecule has 0 aliphatic carbocycles. The minimum absolute atomic E-state index is 0.416. The highest BCUT2D eigenvalue weighted by atomic mass is 16.6. The Morgan fingerprint density at radius 2 is 1.31 bits per heavy atom. The number of hydrogen-bond acceptors (Lipinski definition) is 6. The summed E-state index contributed by atoms with van der Waals surface area (Å²) in [5.41, 5.74) is -0.137. The van der Waals surface area contributed by atoms with Crippen LogP contribution in [0, 0.1) is 25.6 Å². The number of rotatable bonds is 4. The molecule has 1 saturated heterocycles. The summed E-state index contributed by atoms with van der Waals surface area (Å²) < 4.78 is 0. The first kappa shape index (κ1) is 17.9. The van der Waals surface area contributed by atoms with Gasteiger partial charge in [-0.25, -0.2) is 0 Å². The van der Waals surface area contributed by atoms with E-state index < -0.39 is 39.4 Å². The molecule has 0 aromatic carbocycles. The van der Waals surface area contributed by atoms with Gasteiger partial charge in [0.2, 0.25) is 0 Å². The van der Waals surface area contributed by atoms with Gasteiger partial charge in [-0.2, -0.15) is 0 Å². The molecule has 0 saturated carbocycles. The van der Waals surface area contributed by atoms with E-state index in [1.54, 1.807) is 68.0 Å². The molecule has 0 radical (unpaired) electrons. The molecule has 1 aliphatic rings. The molecule has 0 bridgehead atoms. The number of quaternary nitrogens is 1. The van der Waals surface area contributed by atoms with E-state index in [-0.39, 0.29) is 0 Å². The van der Waals surface area contributed by atoms with Crippen molar-refractivity contribution in [2.75, 3.05) is 0 Å². The molecule has 2 aromatic rings. The largest absolute Gasteiger partial charge is 0.320 e. The maximum Gasteiger partial charge on any atom is 0.281 e. The Balaban J connectivity index is 2.14. The molecule has 0 unspecified atom stereocenters. The van der Waals surface area contributed by atoms with Gasteiger partial charge < -0.3 is 5.32 Å². The zero-order chi connectivity index (χ0) is 18.9. The predicted molar refractivity (Wildman–Crippen MR) is 91.2 cm³/mol. The lowest BCUT2D eigenvalue weighted by atomic mass is 9.67. The SMILES string of the molecule is CC1(C)[C@@H]([N+](=O)[O-])[C@@H](c2ccccn2)[NH2+][C@H](c2ccccn2)[C@H]1[N+](=O)[O-]. The molecule has 9 nitrogen and oxygen atoms in total. The topological polar surface area (TPSA) is 129 Å². The van der Waals surface area contributed by atoms with E-state index in [4.69, 9.17) is 0 Å². The van der Waals surface area contributed by atoms with Crippen LogP contribution >= 0.6 is 0 Å². The molecule has 3 rings (SSSR count). The second-order valence-electron chi connectivity index (χ2n) is 7.03. The lowest BCUT2D eigenvalue weighted by molar-refractivity contribution is -0.819. The number of aromatic nitrogens is 2. The number of nitrogens with zero attached hydrogens (tertiary/aromatic N) is 4. The van der Waals surface area contributed by atoms with E-state index in [1.807, 2.05) is 0 Å². The van der Waals surface area contributed by atoms with Gasteiger partial charge in [-0.05, 0) is 38.1 Å². The Kier molecular flexibility index (Phi) is 4.64. The van der Waals surface area contributed by atoms with Crippen LogP contribution in [-0.2, 0) is 0 Å². The summed E-state index contributed by atoms with van der Waals surface area (Å²) in [6, 6.07) is 6.80. The maximum atomic E-state index is 11.9. The van der Waals surface area contributed by atoms with Crippen LogP contribution in [-0.4, -0.2) is 31.9 Å². The summed E-state index contributed by atoms with van der Waals surface area (Å²) in [5, 5.41) is 25.4. The standard InChI is InChI=1S/C17H19N5O4/c1-17(2)15(21(23)24)13(11-7-3-5-9-18-11)20-14(16(17)22(25)26)12-8-4-6-10-19-12/h3-10,13-16,20H,1-2H3/p+1/t13-,14-,15-,16+/m1/s1. The van der Waals surface area contributed by atoms with E-state index in [1.165, 1.54) is 0 Å². The lowest BCUT2D eigenvalue weighted by Gasteiger charge is -2.40. The minimum atomic E-state index is -1.20. The summed E-state index contributed by atoms with van der Waals surface area (Å²) in [5.74, 6) is 0. The summed E-state index contributed by atoms with van der Waals surface area (Å²) >= 11 is 0. The Morgan fingerprint density at radius 3 is 1.62 bits per heavy atom. The van der Waals surface area contributed by atoms with E-state index in [9.17, 15) is 20.2 Å². The fraction of sp³-hybridized carbons (Fsp3) is 0.412. The molecule has 1 aliphatic heterocycles. The summed E-state index contributed by atoms with van der Waals surface area (Å²) in [6.07, 6.45) is 3.14. The fourth-order valence-corrected chi connectivity index (χ4v) is 4.01. The van der Waals surface area contributed by atoms with Crippen molar-refractivity contribution in [1.82, 2.24) is 9.97 Å². The van der Waals surface area contributed by atoms with Gasteiger partial charge in [0.1, 0.15) is 16.8 Å². The Bertz CT molecular complexity index is 734. The third-order valence-electron chi connectivity index (χ3n) is 5.13. The van der Waals surface area contributed by atoms with Crippen molar-refractivity contribution in [1.29, 1.82) is 0 Å². The van der Waals surface area contributed by atoms with Crippen molar-refractivity contribution in [2.45, 2.75) is 38.0 Å². The van der Waals surface area contributed by atoms with Crippen LogP contribution in [0.3, 0.4) is 0 Å². The lowest BCUT2D eigenvalue weighted by Crippen LogP contribution is -2.96. The van der Waals surface area contributed by atoms with Gasteiger partial charge in [-0.3, -0.25) is 30.2 Å². The van der Waals surface area contributed by atoms with Gasteiger partial charge in [0.25, 0.3) is 12.1 Å². The van der Waals surface area contributed by atoms with Crippen LogP contribution in [0.2, 0.25) is 0 Å². The van der Waals surface area contributed by atoms with Crippen molar-refractivity contribution in [2.24, 2.45) is 5.41 Å². The normalized spacial score (nSPS) is 27.6. The zero-order valence-corrected chi connectivity index (χ0v) is 14.4. The van der Waals surface area contributed by atoms with Crippen LogP contribution in [0.5, 0.6) is 0 Å². The molecule has 0 amide bonds. The summed E-state index contributed by atoms with van der Waals surface area (Å²) in [7, 11) is 0. The average Bonchev–Trinajstić information content (AvgIpc) is 2.60. The molecular weight excluding hydrogens is 338 g/mol. The van der Waals surface area contributed by atoms with Crippen molar-refractivity contribution in [3.05, 3.63) is 80.4 Å². The smallest absolute Gasteiger partial charge is 0.281 e. The first-order chi connectivity index (χ1) is 12.3. The average molecular weight is 358 g/mol. The summed E-state index contributed by atoms with van der Waals surface area (Å²) in [6.45, 7) is 3.18. The van der Waals surface area contributed by atoms with Crippen LogP contribution in [0.1, 0.15) is 37.3 Å². The molecule has 1 fully saturated rings. The van der Waals surface area contributed by atoms with Gasteiger partial charge in [0.05, 0.1) is 0 Å². The van der Waals surface area contributed by atoms with Gasteiger partial charge in [0, 0.05) is 22.2 Å². The third kappa shape index (κ3) is 3.01. The molecule has 136 valence electrons. The van der Waals surface area contributed by atoms with Crippen molar-refractivity contribution in [3.8, 4) is 0 Å². The Morgan fingerprint density at radius 1 is 0.885 bits per heavy atom. The first-order valence-corrected chi connectivity index (χ1v) is 8.28. The predicted octanol–water partition coefficient (Wildman–Crippen LogP) is 1.15. The molecule has 0 spiro atoms. The summed E-state index contributed by atoms with van der Waals surface area (Å²) in [4.78, 5) is 31.5. The van der Waals surface area contributed by atoms with Crippen LogP contribution in [0.4, 0.5) is 0 Å². The van der Waals surface area contributed by atoms with Gasteiger partial charge in [-0.1, -0.05) is 12.1 Å². The monoisotopic (exact) mass is 358 g/mol. The highest BCUT2D eigenvalue weighted by Crippen LogP contribution is 2.42. The van der Waals surface area contributed by atoms with Gasteiger partial charge in [-0.15, -0.1) is 0 Å². The molecule has 26 heavy (non-hydrogen) atoms. The number of pyridine rings is 2. The molecule has 2 N–H and O–H groups in total. The fourth-order valence-electron chi connectivity index (χ4n) is 4.01. The van der Waals surface area contributed by atoms with Gasteiger partial charge in [0.15, 0.2) is 12.1 Å². The van der Waals surface area contributed by atoms with E-state index in [2.05, 4.69) is 9.97 Å². The van der Waals surface area contributed by atoms with Crippen molar-refractivity contribution in [3.63, 3.8) is 0 Å². The highest BCUT2D eigenvalue weighted by Gasteiger charge is 2.66. The van der Waals surface area contributed by atoms with Crippen LogP contribution in [0.25, 0.3) is 0 Å². The molecular formula is C17H20N5O4+. The number of hydrogen-bond donors (Lipinski definition) is 1. The number of piperidine rings is 1. The quantitative estimate of drug-likeness (QED) is 0.645. The van der Waals surface area contributed by atoms with Crippen molar-refractivity contribution < 1.29 is 15.2 Å². The van der Waals surface area contributed by atoms with E-state index in [0.29, 0.717) is 11.4 Å². The van der Waals surface area contributed by atoms with Crippen LogP contribution in [0.15, 0.2) is 48.8 Å². The van der Waals surface area contributed by atoms with E-state index >= 15 is 0 Å².